The van der Waals surface area contributed by atoms with Crippen molar-refractivity contribution in [2.45, 2.75) is 68.3 Å². The zero-order chi connectivity index (χ0) is 30.1. The highest BCUT2D eigenvalue weighted by Crippen LogP contribution is 2.56. The fourth-order valence-electron chi connectivity index (χ4n) is 5.59. The van der Waals surface area contributed by atoms with Crippen LogP contribution in [0.5, 0.6) is 23.0 Å². The number of unbranched alkanes of at least 4 members (excludes halogenated alkanes) is 3. The lowest BCUT2D eigenvalue weighted by atomic mass is 9.86. The maximum absolute atomic E-state index is 11.8. The second-order valence-electron chi connectivity index (χ2n) is 11.6. The molecule has 42 heavy (non-hydrogen) atoms. The van der Waals surface area contributed by atoms with Crippen LogP contribution in [0.3, 0.4) is 0 Å². The second-order valence-corrected chi connectivity index (χ2v) is 13.9. The molecule has 3 aliphatic heterocycles. The second kappa shape index (κ2) is 12.5. The Kier molecular flexibility index (Phi) is 9.16. The van der Waals surface area contributed by atoms with Gasteiger partial charge in [0.05, 0.1) is 13.7 Å². The minimum Gasteiger partial charge on any atom is -0.493 e. The summed E-state index contributed by atoms with van der Waals surface area (Å²) in [5.74, 6) is 2.65. The summed E-state index contributed by atoms with van der Waals surface area (Å²) < 4.78 is 27.0. The van der Waals surface area contributed by atoms with E-state index in [0.717, 1.165) is 60.2 Å². The molecular formula is C31H37Cl3N2O6. The van der Waals surface area contributed by atoms with Crippen molar-refractivity contribution in [1.82, 2.24) is 10.2 Å². The summed E-state index contributed by atoms with van der Waals surface area (Å²) in [5, 5.41) is 2.80. The highest BCUT2D eigenvalue weighted by atomic mass is 35.6. The lowest BCUT2D eigenvalue weighted by molar-refractivity contribution is 0.0527. The van der Waals surface area contributed by atoms with E-state index in [1.165, 1.54) is 5.56 Å². The largest absolute Gasteiger partial charge is 0.493 e. The number of carbonyl (C=O) groups is 1. The molecule has 0 aromatic heterocycles. The number of hydrogen-bond acceptors (Lipinski definition) is 7. The number of hydrogen-bond donors (Lipinski definition) is 1. The summed E-state index contributed by atoms with van der Waals surface area (Å²) in [5.41, 5.74) is 4.37. The zero-order valence-electron chi connectivity index (χ0n) is 24.4. The molecule has 1 unspecified atom stereocenters. The van der Waals surface area contributed by atoms with Crippen LogP contribution in [0, 0.1) is 0 Å². The number of methoxy groups -OCH3 is 1. The molecule has 2 aromatic carbocycles. The number of rotatable bonds is 9. The van der Waals surface area contributed by atoms with Gasteiger partial charge >= 0.3 is 6.09 Å². The molecule has 0 aliphatic carbocycles. The van der Waals surface area contributed by atoms with Gasteiger partial charge in [-0.2, -0.15) is 0 Å². The van der Waals surface area contributed by atoms with E-state index >= 15 is 0 Å². The summed E-state index contributed by atoms with van der Waals surface area (Å²) in [6.45, 7) is 7.44. The first kappa shape index (κ1) is 30.8. The first-order chi connectivity index (χ1) is 20.0. The lowest BCUT2D eigenvalue weighted by Gasteiger charge is -2.46. The fourth-order valence-corrected chi connectivity index (χ4v) is 6.27. The Labute approximate surface area is 262 Å². The number of amides is 1. The van der Waals surface area contributed by atoms with Crippen LogP contribution in [0.2, 0.25) is 0 Å². The smallest absolute Gasteiger partial charge is 0.407 e. The molecule has 228 valence electrons. The van der Waals surface area contributed by atoms with E-state index < -0.39 is 21.5 Å². The van der Waals surface area contributed by atoms with Gasteiger partial charge in [0, 0.05) is 29.9 Å². The predicted molar refractivity (Wildman–Crippen MR) is 165 cm³/mol. The van der Waals surface area contributed by atoms with Crippen molar-refractivity contribution in [3.05, 3.63) is 46.5 Å². The van der Waals surface area contributed by atoms with E-state index in [-0.39, 0.29) is 6.79 Å². The number of alkyl halides is 3. The number of ether oxygens (including phenoxy) is 5. The van der Waals surface area contributed by atoms with Crippen LogP contribution < -0.4 is 24.3 Å². The summed E-state index contributed by atoms with van der Waals surface area (Å²) in [6, 6.07) is 7.34. The molecule has 0 radical (unpaired) electrons. The van der Waals surface area contributed by atoms with Crippen LogP contribution in [0.15, 0.2) is 24.3 Å². The van der Waals surface area contributed by atoms with Gasteiger partial charge in [0.1, 0.15) is 11.6 Å². The Morgan fingerprint density at radius 3 is 2.52 bits per heavy atom. The van der Waals surface area contributed by atoms with Crippen molar-refractivity contribution < 1.29 is 28.5 Å². The molecule has 0 bridgehead atoms. The van der Waals surface area contributed by atoms with E-state index in [2.05, 4.69) is 16.3 Å². The average Bonchev–Trinajstić information content (AvgIpc) is 3.37. The summed E-state index contributed by atoms with van der Waals surface area (Å²) in [4.78, 5) is 14.0. The van der Waals surface area contributed by atoms with Crippen LogP contribution in [-0.4, -0.2) is 54.0 Å². The summed E-state index contributed by atoms with van der Waals surface area (Å²) >= 11 is 20.2. The van der Waals surface area contributed by atoms with E-state index in [0.29, 0.717) is 36.9 Å². The first-order valence-electron chi connectivity index (χ1n) is 14.2. The molecule has 2 aromatic rings. The Hall–Kier alpha value is -2.68. The third-order valence-electron chi connectivity index (χ3n) is 7.39. The van der Waals surface area contributed by atoms with Crippen molar-refractivity contribution in [2.75, 3.05) is 33.6 Å². The number of nitrogens with zero attached hydrogens (tertiary/aromatic N) is 1. The Morgan fingerprint density at radius 2 is 1.81 bits per heavy atom. The standard InChI is InChI=1S/C31H37Cl3N2O6/c1-30(2,3)42-29(37)35-12-7-5-6-8-14-39-27-23(38-4)10-9-20-15-22-21-17-25-24(40-18-41-25)16-19(21)11-13-36(22)28(26(20)27)31(32,33)34/h9-10,15-17,28H,5-8,11-14,18H2,1-4H3,(H,35,37). The number of benzene rings is 2. The number of carbonyl (C=O) groups excluding carboxylic acids is 1. The monoisotopic (exact) mass is 638 g/mol. The minimum atomic E-state index is -1.65. The van der Waals surface area contributed by atoms with Crippen LogP contribution in [0.1, 0.15) is 74.8 Å². The Balaban J connectivity index is 1.31. The van der Waals surface area contributed by atoms with Crippen molar-refractivity contribution in [1.29, 1.82) is 0 Å². The lowest BCUT2D eigenvalue weighted by Crippen LogP contribution is -2.41. The van der Waals surface area contributed by atoms with Crippen molar-refractivity contribution >= 4 is 52.7 Å². The van der Waals surface area contributed by atoms with Gasteiger partial charge in [-0.05, 0) is 75.4 Å². The van der Waals surface area contributed by atoms with E-state index in [1.807, 2.05) is 45.0 Å². The van der Waals surface area contributed by atoms with Crippen LogP contribution in [-0.2, 0) is 11.2 Å². The van der Waals surface area contributed by atoms with Crippen molar-refractivity contribution in [2.24, 2.45) is 0 Å². The molecule has 3 heterocycles. The molecule has 5 rings (SSSR count). The molecule has 1 N–H and O–H groups in total. The molecule has 1 atom stereocenters. The maximum Gasteiger partial charge on any atom is 0.407 e. The quantitative estimate of drug-likeness (QED) is 0.223. The molecule has 0 saturated heterocycles. The van der Waals surface area contributed by atoms with Gasteiger partial charge in [-0.3, -0.25) is 0 Å². The zero-order valence-corrected chi connectivity index (χ0v) is 26.6. The molecule has 8 nitrogen and oxygen atoms in total. The molecular weight excluding hydrogens is 603 g/mol. The van der Waals surface area contributed by atoms with Gasteiger partial charge in [0.25, 0.3) is 0 Å². The molecule has 0 fully saturated rings. The van der Waals surface area contributed by atoms with Crippen LogP contribution in [0.4, 0.5) is 4.79 Å². The number of fused-ring (bicyclic) bond motifs is 5. The van der Waals surface area contributed by atoms with E-state index in [9.17, 15) is 4.79 Å². The third-order valence-corrected chi connectivity index (χ3v) is 8.01. The summed E-state index contributed by atoms with van der Waals surface area (Å²) in [7, 11) is 1.61. The Bertz CT molecular complexity index is 1350. The number of nitrogens with one attached hydrogen (secondary N) is 1. The minimum absolute atomic E-state index is 0.212. The van der Waals surface area contributed by atoms with Gasteiger partial charge in [-0.15, -0.1) is 0 Å². The molecule has 0 spiro atoms. The van der Waals surface area contributed by atoms with Gasteiger partial charge < -0.3 is 33.9 Å². The summed E-state index contributed by atoms with van der Waals surface area (Å²) in [6.07, 6.45) is 6.04. The molecule has 11 heteroatoms. The van der Waals surface area contributed by atoms with E-state index in [1.54, 1.807) is 7.11 Å². The van der Waals surface area contributed by atoms with Crippen LogP contribution in [0.25, 0.3) is 11.8 Å². The van der Waals surface area contributed by atoms with Gasteiger partial charge in [0.15, 0.2) is 23.0 Å². The third kappa shape index (κ3) is 6.76. The first-order valence-corrected chi connectivity index (χ1v) is 15.4. The topological polar surface area (TPSA) is 78.5 Å². The number of alkyl carbamates (subject to hydrolysis) is 1. The van der Waals surface area contributed by atoms with E-state index in [4.69, 9.17) is 58.5 Å². The Morgan fingerprint density at radius 1 is 1.07 bits per heavy atom. The van der Waals surface area contributed by atoms with Crippen molar-refractivity contribution in [3.8, 4) is 23.0 Å². The molecule has 0 saturated carbocycles. The highest BCUT2D eigenvalue weighted by molar-refractivity contribution is 6.68. The number of halogens is 3. The fraction of sp³-hybridized carbons (Fsp3) is 0.516. The molecule has 1 amide bonds. The van der Waals surface area contributed by atoms with Crippen molar-refractivity contribution in [3.63, 3.8) is 0 Å². The maximum atomic E-state index is 11.8. The van der Waals surface area contributed by atoms with Gasteiger partial charge in [0.2, 0.25) is 10.6 Å². The normalized spacial score (nSPS) is 17.1. The predicted octanol–water partition coefficient (Wildman–Crippen LogP) is 7.67. The average molecular weight is 640 g/mol. The SMILES string of the molecule is COc1ccc2c(c1OCCCCCCNC(=O)OC(C)(C)C)C(C(Cl)(Cl)Cl)N1CCc3cc4c(cc3C1=C2)OCO4. The van der Waals surface area contributed by atoms with Gasteiger partial charge in [-0.25, -0.2) is 4.79 Å². The van der Waals surface area contributed by atoms with Crippen LogP contribution >= 0.6 is 34.8 Å². The van der Waals surface area contributed by atoms with Gasteiger partial charge in [-0.1, -0.05) is 53.7 Å². The molecule has 3 aliphatic rings. The highest BCUT2D eigenvalue weighted by Gasteiger charge is 2.46.